The minimum absolute atomic E-state index is 0.248. The van der Waals surface area contributed by atoms with Gasteiger partial charge in [0.05, 0.1) is 17.6 Å². The molecule has 1 saturated heterocycles. The Morgan fingerprint density at radius 3 is 2.93 bits per heavy atom. The van der Waals surface area contributed by atoms with Crippen molar-refractivity contribution >= 4 is 0 Å². The molecule has 3 nitrogen and oxygen atoms in total. The van der Waals surface area contributed by atoms with Crippen LogP contribution in [0.15, 0.2) is 0 Å². The lowest BCUT2D eigenvalue weighted by atomic mass is 9.92. The van der Waals surface area contributed by atoms with E-state index in [0.29, 0.717) is 12.7 Å². The molecule has 1 aliphatic rings. The Balaban J connectivity index is 2.12. The number of nitriles is 1. The maximum Gasteiger partial charge on any atom is 0.0699 e. The Kier molecular flexibility index (Phi) is 4.37. The first-order valence-corrected chi connectivity index (χ1v) is 5.38. The van der Waals surface area contributed by atoms with E-state index in [4.69, 9.17) is 10.00 Å². The molecule has 0 radical (unpaired) electrons. The van der Waals surface area contributed by atoms with Crippen LogP contribution in [0.3, 0.4) is 0 Å². The monoisotopic (exact) mass is 196 g/mol. The molecule has 0 amide bonds. The van der Waals surface area contributed by atoms with Gasteiger partial charge in [0.15, 0.2) is 0 Å². The summed E-state index contributed by atoms with van der Waals surface area (Å²) in [5.74, 6) is 0. The second-order valence-corrected chi connectivity index (χ2v) is 4.58. The highest BCUT2D eigenvalue weighted by Gasteiger charge is 2.18. The standard InChI is InChI=1S/C11H20N2O/c1-11(2,9-12)5-7-14-10-4-3-6-13-8-10/h10,13H,3-8H2,1-2H3. The third-order valence-electron chi connectivity index (χ3n) is 2.63. The molecule has 1 unspecified atom stereocenters. The van der Waals surface area contributed by atoms with E-state index in [1.165, 1.54) is 6.42 Å². The fourth-order valence-corrected chi connectivity index (χ4v) is 1.50. The number of hydrogen-bond acceptors (Lipinski definition) is 3. The average molecular weight is 196 g/mol. The van der Waals surface area contributed by atoms with Crippen LogP contribution in [0.1, 0.15) is 33.1 Å². The topological polar surface area (TPSA) is 45.0 Å². The summed E-state index contributed by atoms with van der Waals surface area (Å²) in [6.07, 6.45) is 3.53. The van der Waals surface area contributed by atoms with Crippen molar-refractivity contribution < 1.29 is 4.74 Å². The van der Waals surface area contributed by atoms with Crippen LogP contribution in [-0.2, 0) is 4.74 Å². The molecule has 3 heteroatoms. The predicted octanol–water partition coefficient (Wildman–Crippen LogP) is 1.69. The van der Waals surface area contributed by atoms with Crippen LogP contribution in [0, 0.1) is 16.7 Å². The van der Waals surface area contributed by atoms with E-state index in [2.05, 4.69) is 11.4 Å². The van der Waals surface area contributed by atoms with E-state index in [-0.39, 0.29) is 5.41 Å². The summed E-state index contributed by atoms with van der Waals surface area (Å²) < 4.78 is 5.71. The smallest absolute Gasteiger partial charge is 0.0699 e. The quantitative estimate of drug-likeness (QED) is 0.744. The lowest BCUT2D eigenvalue weighted by molar-refractivity contribution is 0.0269. The molecule has 0 aromatic rings. The van der Waals surface area contributed by atoms with Crippen molar-refractivity contribution in [1.29, 1.82) is 5.26 Å². The highest BCUT2D eigenvalue weighted by Crippen LogP contribution is 2.19. The summed E-state index contributed by atoms with van der Waals surface area (Å²) in [6, 6.07) is 2.28. The molecule has 0 spiro atoms. The van der Waals surface area contributed by atoms with E-state index in [1.54, 1.807) is 0 Å². The Morgan fingerprint density at radius 2 is 2.36 bits per heavy atom. The van der Waals surface area contributed by atoms with Crippen LogP contribution in [0.25, 0.3) is 0 Å². The first kappa shape index (κ1) is 11.5. The van der Waals surface area contributed by atoms with Crippen LogP contribution in [0.5, 0.6) is 0 Å². The fraction of sp³-hybridized carbons (Fsp3) is 0.909. The third kappa shape index (κ3) is 4.08. The molecular formula is C11H20N2O. The van der Waals surface area contributed by atoms with Crippen molar-refractivity contribution in [3.63, 3.8) is 0 Å². The summed E-state index contributed by atoms with van der Waals surface area (Å²) in [7, 11) is 0. The molecule has 1 atom stereocenters. The molecule has 1 fully saturated rings. The van der Waals surface area contributed by atoms with Crippen LogP contribution in [0.2, 0.25) is 0 Å². The van der Waals surface area contributed by atoms with Gasteiger partial charge in [0, 0.05) is 13.2 Å². The minimum atomic E-state index is -0.248. The second kappa shape index (κ2) is 5.33. The van der Waals surface area contributed by atoms with Crippen molar-refractivity contribution in [3.8, 4) is 6.07 Å². The van der Waals surface area contributed by atoms with Gasteiger partial charge in [-0.25, -0.2) is 0 Å². The van der Waals surface area contributed by atoms with Crippen molar-refractivity contribution in [2.24, 2.45) is 5.41 Å². The van der Waals surface area contributed by atoms with Gasteiger partial charge in [-0.15, -0.1) is 0 Å². The molecular weight excluding hydrogens is 176 g/mol. The number of ether oxygens (including phenoxy) is 1. The zero-order chi connectivity index (χ0) is 10.4. The molecule has 0 aliphatic carbocycles. The molecule has 1 aliphatic heterocycles. The maximum absolute atomic E-state index is 8.81. The zero-order valence-corrected chi connectivity index (χ0v) is 9.18. The van der Waals surface area contributed by atoms with Crippen LogP contribution >= 0.6 is 0 Å². The number of hydrogen-bond donors (Lipinski definition) is 1. The van der Waals surface area contributed by atoms with Crippen LogP contribution in [0.4, 0.5) is 0 Å². The Labute approximate surface area is 86.4 Å². The van der Waals surface area contributed by atoms with Gasteiger partial charge in [-0.05, 0) is 39.7 Å². The molecule has 0 bridgehead atoms. The van der Waals surface area contributed by atoms with Crippen molar-refractivity contribution in [2.75, 3.05) is 19.7 Å². The number of rotatable bonds is 4. The fourth-order valence-electron chi connectivity index (χ4n) is 1.50. The predicted molar refractivity (Wildman–Crippen MR) is 55.9 cm³/mol. The van der Waals surface area contributed by atoms with Crippen molar-refractivity contribution in [3.05, 3.63) is 0 Å². The highest BCUT2D eigenvalue weighted by atomic mass is 16.5. The van der Waals surface area contributed by atoms with Crippen molar-refractivity contribution in [2.45, 2.75) is 39.2 Å². The van der Waals surface area contributed by atoms with Gasteiger partial charge in [-0.3, -0.25) is 0 Å². The first-order valence-electron chi connectivity index (χ1n) is 5.38. The summed E-state index contributed by atoms with van der Waals surface area (Å²) in [5, 5.41) is 12.1. The van der Waals surface area contributed by atoms with Gasteiger partial charge in [-0.2, -0.15) is 5.26 Å². The van der Waals surface area contributed by atoms with Gasteiger partial charge >= 0.3 is 0 Å². The van der Waals surface area contributed by atoms with Gasteiger partial charge in [0.1, 0.15) is 0 Å². The molecule has 0 aromatic heterocycles. The van der Waals surface area contributed by atoms with E-state index in [1.807, 2.05) is 13.8 Å². The number of nitrogens with one attached hydrogen (secondary N) is 1. The highest BCUT2D eigenvalue weighted by molar-refractivity contribution is 4.91. The third-order valence-corrected chi connectivity index (χ3v) is 2.63. The average Bonchev–Trinajstić information content (AvgIpc) is 2.19. The summed E-state index contributed by atoms with van der Waals surface area (Å²) in [4.78, 5) is 0. The lowest BCUT2D eigenvalue weighted by Gasteiger charge is -2.24. The Bertz CT molecular complexity index is 202. The molecule has 14 heavy (non-hydrogen) atoms. The number of piperidine rings is 1. The van der Waals surface area contributed by atoms with E-state index in [9.17, 15) is 0 Å². The van der Waals surface area contributed by atoms with Gasteiger partial charge < -0.3 is 10.1 Å². The number of nitrogens with zero attached hydrogens (tertiary/aromatic N) is 1. The zero-order valence-electron chi connectivity index (χ0n) is 9.18. The molecule has 1 N–H and O–H groups in total. The Morgan fingerprint density at radius 1 is 1.57 bits per heavy atom. The molecule has 1 rings (SSSR count). The summed E-state index contributed by atoms with van der Waals surface area (Å²) in [6.45, 7) is 6.69. The first-order chi connectivity index (χ1) is 6.64. The largest absolute Gasteiger partial charge is 0.377 e. The van der Waals surface area contributed by atoms with Gasteiger partial charge in [0.25, 0.3) is 0 Å². The van der Waals surface area contributed by atoms with E-state index in [0.717, 1.165) is 25.9 Å². The maximum atomic E-state index is 8.81. The van der Waals surface area contributed by atoms with Crippen LogP contribution < -0.4 is 5.32 Å². The van der Waals surface area contributed by atoms with E-state index >= 15 is 0 Å². The van der Waals surface area contributed by atoms with Crippen LogP contribution in [-0.4, -0.2) is 25.8 Å². The van der Waals surface area contributed by atoms with Gasteiger partial charge in [-0.1, -0.05) is 0 Å². The molecule has 0 aromatic carbocycles. The summed E-state index contributed by atoms with van der Waals surface area (Å²) >= 11 is 0. The van der Waals surface area contributed by atoms with E-state index < -0.39 is 0 Å². The summed E-state index contributed by atoms with van der Waals surface area (Å²) in [5.41, 5.74) is -0.248. The second-order valence-electron chi connectivity index (χ2n) is 4.58. The molecule has 80 valence electrons. The Hall–Kier alpha value is -0.590. The lowest BCUT2D eigenvalue weighted by Crippen LogP contribution is -2.35. The normalized spacial score (nSPS) is 23.1. The van der Waals surface area contributed by atoms with Crippen molar-refractivity contribution in [1.82, 2.24) is 5.32 Å². The van der Waals surface area contributed by atoms with Gasteiger partial charge in [0.2, 0.25) is 0 Å². The molecule has 1 heterocycles. The molecule has 0 saturated carbocycles. The minimum Gasteiger partial charge on any atom is -0.377 e. The SMILES string of the molecule is CC(C)(C#N)CCOC1CCCNC1.